The van der Waals surface area contributed by atoms with Crippen molar-refractivity contribution in [2.75, 3.05) is 11.9 Å². The standard InChI is InChI=1S/C17H15ClF3N5O2/c1-25(13-9-26(24-14(13)18)12-3-2-6-22-8-12)15(27)10-4-5-11(7-10)23-16(28)17(19,20)21/h2-6,8-11H,7H2,1H3,(H,23,28). The highest BCUT2D eigenvalue weighted by Crippen LogP contribution is 2.29. The largest absolute Gasteiger partial charge is 0.471 e. The van der Waals surface area contributed by atoms with Gasteiger partial charge in [0.25, 0.3) is 0 Å². The number of carbonyl (C=O) groups excluding carboxylic acids is 2. The topological polar surface area (TPSA) is 80.1 Å². The second-order valence-electron chi connectivity index (χ2n) is 6.16. The van der Waals surface area contributed by atoms with Crippen LogP contribution in [0.3, 0.4) is 0 Å². The van der Waals surface area contributed by atoms with Crippen LogP contribution in [0.2, 0.25) is 5.15 Å². The number of nitrogens with one attached hydrogen (secondary N) is 1. The number of alkyl halides is 3. The van der Waals surface area contributed by atoms with E-state index in [0.717, 1.165) is 0 Å². The second kappa shape index (κ2) is 7.63. The average molecular weight is 414 g/mol. The molecule has 28 heavy (non-hydrogen) atoms. The van der Waals surface area contributed by atoms with Crippen LogP contribution in [0.5, 0.6) is 0 Å². The Morgan fingerprint density at radius 1 is 1.36 bits per heavy atom. The SMILES string of the molecule is CN(C(=O)C1C=CC(NC(=O)C(F)(F)F)C1)c1cn(-c2cccnc2)nc1Cl. The van der Waals surface area contributed by atoms with Gasteiger partial charge >= 0.3 is 12.1 Å². The highest BCUT2D eigenvalue weighted by Gasteiger charge is 2.40. The summed E-state index contributed by atoms with van der Waals surface area (Å²) in [6.45, 7) is 0. The zero-order valence-electron chi connectivity index (χ0n) is 14.5. The molecule has 2 aromatic rings. The van der Waals surface area contributed by atoms with Crippen molar-refractivity contribution in [2.24, 2.45) is 5.92 Å². The molecule has 2 atom stereocenters. The third-order valence-electron chi connectivity index (χ3n) is 4.23. The number of carbonyl (C=O) groups is 2. The molecule has 1 aliphatic carbocycles. The summed E-state index contributed by atoms with van der Waals surface area (Å²) >= 11 is 6.14. The van der Waals surface area contributed by atoms with Gasteiger partial charge in [0.1, 0.15) is 5.69 Å². The first kappa shape index (κ1) is 19.9. The van der Waals surface area contributed by atoms with Crippen LogP contribution in [0.1, 0.15) is 6.42 Å². The molecular weight excluding hydrogens is 399 g/mol. The third-order valence-corrected chi connectivity index (χ3v) is 4.50. The lowest BCUT2D eigenvalue weighted by Gasteiger charge is -2.20. The summed E-state index contributed by atoms with van der Waals surface area (Å²) in [5, 5.41) is 6.08. The second-order valence-corrected chi connectivity index (χ2v) is 6.52. The van der Waals surface area contributed by atoms with Crippen LogP contribution in [-0.4, -0.2) is 45.8 Å². The lowest BCUT2D eigenvalue weighted by atomic mass is 10.1. The number of rotatable bonds is 4. The van der Waals surface area contributed by atoms with Gasteiger partial charge in [-0.15, -0.1) is 0 Å². The number of halogens is 4. The highest BCUT2D eigenvalue weighted by atomic mass is 35.5. The van der Waals surface area contributed by atoms with Gasteiger partial charge < -0.3 is 10.2 Å². The molecule has 0 saturated carbocycles. The van der Waals surface area contributed by atoms with Crippen LogP contribution < -0.4 is 10.2 Å². The molecule has 11 heteroatoms. The summed E-state index contributed by atoms with van der Waals surface area (Å²) in [4.78, 5) is 29.0. The molecule has 2 amide bonds. The molecule has 0 aromatic carbocycles. The number of anilines is 1. The molecule has 2 unspecified atom stereocenters. The maximum atomic E-state index is 12.7. The summed E-state index contributed by atoms with van der Waals surface area (Å²) < 4.78 is 38.5. The van der Waals surface area contributed by atoms with Crippen LogP contribution in [0, 0.1) is 5.92 Å². The Balaban J connectivity index is 1.68. The summed E-state index contributed by atoms with van der Waals surface area (Å²) in [6.07, 6.45) is 2.63. The molecule has 7 nitrogen and oxygen atoms in total. The fourth-order valence-corrected chi connectivity index (χ4v) is 3.05. The van der Waals surface area contributed by atoms with Gasteiger partial charge in [0.15, 0.2) is 5.15 Å². The highest BCUT2D eigenvalue weighted by molar-refractivity contribution is 6.32. The maximum Gasteiger partial charge on any atom is 0.471 e. The van der Waals surface area contributed by atoms with Crippen molar-refractivity contribution in [2.45, 2.75) is 18.6 Å². The van der Waals surface area contributed by atoms with E-state index < -0.39 is 24.0 Å². The van der Waals surface area contributed by atoms with Crippen LogP contribution >= 0.6 is 11.6 Å². The van der Waals surface area contributed by atoms with E-state index in [1.807, 2.05) is 5.32 Å². The molecule has 0 radical (unpaired) electrons. The van der Waals surface area contributed by atoms with Crippen molar-refractivity contribution in [1.82, 2.24) is 20.1 Å². The normalized spacial score (nSPS) is 18.9. The minimum atomic E-state index is -4.97. The first-order valence-electron chi connectivity index (χ1n) is 8.16. The third kappa shape index (κ3) is 4.16. The van der Waals surface area contributed by atoms with E-state index in [0.29, 0.717) is 11.4 Å². The van der Waals surface area contributed by atoms with Crippen LogP contribution in [0.4, 0.5) is 18.9 Å². The smallest absolute Gasteiger partial charge is 0.342 e. The molecule has 0 aliphatic heterocycles. The molecule has 2 aromatic heterocycles. The van der Waals surface area contributed by atoms with E-state index in [2.05, 4.69) is 10.1 Å². The van der Waals surface area contributed by atoms with Gasteiger partial charge in [-0.2, -0.15) is 18.3 Å². The van der Waals surface area contributed by atoms with Crippen LogP contribution in [0.15, 0.2) is 42.9 Å². The molecule has 2 heterocycles. The zero-order valence-corrected chi connectivity index (χ0v) is 15.3. The van der Waals surface area contributed by atoms with Crippen molar-refractivity contribution >= 4 is 29.1 Å². The van der Waals surface area contributed by atoms with E-state index in [1.54, 1.807) is 30.7 Å². The molecule has 1 aliphatic rings. The van der Waals surface area contributed by atoms with E-state index in [1.165, 1.54) is 28.8 Å². The molecular formula is C17H15ClF3N5O2. The van der Waals surface area contributed by atoms with E-state index in [9.17, 15) is 22.8 Å². The van der Waals surface area contributed by atoms with Crippen LogP contribution in [0.25, 0.3) is 5.69 Å². The Bertz CT molecular complexity index is 913. The summed E-state index contributed by atoms with van der Waals surface area (Å²) in [5.41, 5.74) is 0.985. The van der Waals surface area contributed by atoms with Gasteiger partial charge in [0.05, 0.1) is 24.0 Å². The molecule has 0 saturated heterocycles. The van der Waals surface area contributed by atoms with Crippen molar-refractivity contribution in [3.8, 4) is 5.69 Å². The van der Waals surface area contributed by atoms with E-state index in [-0.39, 0.29) is 17.5 Å². The number of pyridine rings is 1. The van der Waals surface area contributed by atoms with Crippen molar-refractivity contribution < 1.29 is 22.8 Å². The fourth-order valence-electron chi connectivity index (χ4n) is 2.80. The zero-order chi connectivity index (χ0) is 20.5. The van der Waals surface area contributed by atoms with Crippen molar-refractivity contribution in [3.05, 3.63) is 48.0 Å². The molecule has 0 spiro atoms. The number of nitrogens with zero attached hydrogens (tertiary/aromatic N) is 4. The molecule has 0 bridgehead atoms. The summed E-state index contributed by atoms with van der Waals surface area (Å²) in [6, 6.07) is 2.61. The quantitative estimate of drug-likeness (QED) is 0.781. The number of amides is 2. The monoisotopic (exact) mass is 413 g/mol. The Kier molecular flexibility index (Phi) is 5.41. The van der Waals surface area contributed by atoms with Gasteiger partial charge in [-0.05, 0) is 18.6 Å². The number of hydrogen-bond donors (Lipinski definition) is 1. The summed E-state index contributed by atoms with van der Waals surface area (Å²) in [5.74, 6) is -3.11. The van der Waals surface area contributed by atoms with Crippen molar-refractivity contribution in [1.29, 1.82) is 0 Å². The van der Waals surface area contributed by atoms with Gasteiger partial charge in [-0.25, -0.2) is 4.68 Å². The van der Waals surface area contributed by atoms with Gasteiger partial charge in [0.2, 0.25) is 5.91 Å². The van der Waals surface area contributed by atoms with E-state index >= 15 is 0 Å². The Morgan fingerprint density at radius 2 is 2.11 bits per heavy atom. The molecule has 0 fully saturated rings. The minimum absolute atomic E-state index is 0.0271. The Morgan fingerprint density at radius 3 is 2.75 bits per heavy atom. The Labute approximate surface area is 162 Å². The first-order chi connectivity index (χ1) is 13.2. The maximum absolute atomic E-state index is 12.7. The molecule has 3 rings (SSSR count). The number of aromatic nitrogens is 3. The molecule has 148 valence electrons. The Hall–Kier alpha value is -2.88. The first-order valence-corrected chi connectivity index (χ1v) is 8.53. The number of hydrogen-bond acceptors (Lipinski definition) is 4. The van der Waals surface area contributed by atoms with Gasteiger partial charge in [0, 0.05) is 19.3 Å². The lowest BCUT2D eigenvalue weighted by Crippen LogP contribution is -2.42. The van der Waals surface area contributed by atoms with Gasteiger partial charge in [-0.3, -0.25) is 14.6 Å². The van der Waals surface area contributed by atoms with Crippen molar-refractivity contribution in [3.63, 3.8) is 0 Å². The minimum Gasteiger partial charge on any atom is -0.342 e. The predicted molar refractivity (Wildman–Crippen MR) is 95.0 cm³/mol. The lowest BCUT2D eigenvalue weighted by molar-refractivity contribution is -0.174. The van der Waals surface area contributed by atoms with Crippen LogP contribution in [-0.2, 0) is 9.59 Å². The summed E-state index contributed by atoms with van der Waals surface area (Å²) in [7, 11) is 1.49. The van der Waals surface area contributed by atoms with Gasteiger partial charge in [-0.1, -0.05) is 23.8 Å². The predicted octanol–water partition coefficient (Wildman–Crippen LogP) is 2.51. The van der Waals surface area contributed by atoms with E-state index in [4.69, 9.17) is 11.6 Å². The average Bonchev–Trinajstić information content (AvgIpc) is 3.27. The fraction of sp³-hybridized carbons (Fsp3) is 0.294. The molecule has 1 N–H and O–H groups in total.